The highest BCUT2D eigenvalue weighted by molar-refractivity contribution is 9.10. The number of phenolic OH excluding ortho intramolecular Hbond substituents is 1. The fourth-order valence-corrected chi connectivity index (χ4v) is 1.80. The van der Waals surface area contributed by atoms with Crippen molar-refractivity contribution in [2.75, 3.05) is 0 Å². The van der Waals surface area contributed by atoms with E-state index in [9.17, 15) is 5.11 Å². The van der Waals surface area contributed by atoms with E-state index in [1.807, 2.05) is 24.3 Å². The van der Waals surface area contributed by atoms with Crippen LogP contribution in [0.1, 0.15) is 5.56 Å². The Morgan fingerprint density at radius 3 is 2.19 bits per heavy atom. The number of hydrogen-bond donors (Lipinski definition) is 1. The van der Waals surface area contributed by atoms with Crippen molar-refractivity contribution in [3.8, 4) is 22.9 Å². The van der Waals surface area contributed by atoms with Gasteiger partial charge in [-0.1, -0.05) is 18.2 Å². The predicted molar refractivity (Wildman–Crippen MR) is 66.0 cm³/mol. The number of halogens is 1. The molecule has 0 unspecified atom stereocenters. The van der Waals surface area contributed by atoms with Gasteiger partial charge in [-0.2, -0.15) is 5.26 Å². The van der Waals surface area contributed by atoms with Crippen LogP contribution in [0.25, 0.3) is 11.1 Å². The molecule has 0 fully saturated rings. The van der Waals surface area contributed by atoms with Gasteiger partial charge in [-0.25, -0.2) is 0 Å². The Balaban J connectivity index is 2.43. The molecule has 0 saturated heterocycles. The van der Waals surface area contributed by atoms with Crippen molar-refractivity contribution < 1.29 is 5.11 Å². The Kier molecular flexibility index (Phi) is 2.93. The van der Waals surface area contributed by atoms with Crippen LogP contribution in [0.4, 0.5) is 0 Å². The quantitative estimate of drug-likeness (QED) is 0.861. The maximum absolute atomic E-state index is 9.38. The molecule has 0 radical (unpaired) electrons. The molecule has 2 rings (SSSR count). The zero-order valence-corrected chi connectivity index (χ0v) is 9.90. The molecule has 78 valence electrons. The molecule has 2 aromatic rings. The van der Waals surface area contributed by atoms with Gasteiger partial charge in [0.05, 0.1) is 16.1 Å². The smallest absolute Gasteiger partial charge is 0.129 e. The van der Waals surface area contributed by atoms with Gasteiger partial charge >= 0.3 is 0 Å². The van der Waals surface area contributed by atoms with Crippen LogP contribution in [0, 0.1) is 11.3 Å². The number of nitrogens with zero attached hydrogens (tertiary/aromatic N) is 1. The molecule has 2 aromatic carbocycles. The van der Waals surface area contributed by atoms with Gasteiger partial charge in [0.25, 0.3) is 0 Å². The lowest BCUT2D eigenvalue weighted by Gasteiger charge is -2.03. The van der Waals surface area contributed by atoms with Crippen LogP contribution in [-0.4, -0.2) is 5.11 Å². The number of nitriles is 1. The molecule has 2 nitrogen and oxygen atoms in total. The molecule has 0 spiro atoms. The molecule has 0 atom stereocenters. The Morgan fingerprint density at radius 2 is 1.62 bits per heavy atom. The van der Waals surface area contributed by atoms with Gasteiger partial charge in [0.1, 0.15) is 5.75 Å². The number of phenols is 1. The van der Waals surface area contributed by atoms with Crippen molar-refractivity contribution in [1.82, 2.24) is 0 Å². The monoisotopic (exact) mass is 273 g/mol. The zero-order chi connectivity index (χ0) is 11.5. The first kappa shape index (κ1) is 10.7. The summed E-state index contributed by atoms with van der Waals surface area (Å²) in [6.45, 7) is 0. The number of hydrogen-bond acceptors (Lipinski definition) is 2. The molecule has 0 aliphatic carbocycles. The average Bonchev–Trinajstić information content (AvgIpc) is 2.33. The normalized spacial score (nSPS) is 9.75. The van der Waals surface area contributed by atoms with Crippen LogP contribution in [0.15, 0.2) is 46.9 Å². The highest BCUT2D eigenvalue weighted by atomic mass is 79.9. The zero-order valence-electron chi connectivity index (χ0n) is 8.31. The highest BCUT2D eigenvalue weighted by Crippen LogP contribution is 2.29. The Hall–Kier alpha value is -1.79. The first-order chi connectivity index (χ1) is 7.70. The summed E-state index contributed by atoms with van der Waals surface area (Å²) in [6, 6.07) is 14.7. The van der Waals surface area contributed by atoms with Crippen LogP contribution in [0.3, 0.4) is 0 Å². The molecule has 16 heavy (non-hydrogen) atoms. The lowest BCUT2D eigenvalue weighted by molar-refractivity contribution is 0.472. The van der Waals surface area contributed by atoms with Gasteiger partial charge in [0.2, 0.25) is 0 Å². The number of aromatic hydroxyl groups is 1. The molecule has 0 bridgehead atoms. The average molecular weight is 274 g/mol. The standard InChI is InChI=1S/C13H8BrNO/c14-12-7-11(5-6-13(12)16)10-3-1-9(8-15)2-4-10/h1-7,16H. The Morgan fingerprint density at radius 1 is 1.00 bits per heavy atom. The molecular weight excluding hydrogens is 266 g/mol. The van der Waals surface area contributed by atoms with E-state index in [0.717, 1.165) is 11.1 Å². The SMILES string of the molecule is N#Cc1ccc(-c2ccc(O)c(Br)c2)cc1. The molecule has 3 heteroatoms. The van der Waals surface area contributed by atoms with Gasteiger partial charge in [0, 0.05) is 0 Å². The summed E-state index contributed by atoms with van der Waals surface area (Å²) in [5.74, 6) is 0.220. The molecule has 1 N–H and O–H groups in total. The second kappa shape index (κ2) is 4.38. The first-order valence-electron chi connectivity index (χ1n) is 4.70. The minimum Gasteiger partial charge on any atom is -0.507 e. The van der Waals surface area contributed by atoms with Crippen LogP contribution in [0.5, 0.6) is 5.75 Å². The van der Waals surface area contributed by atoms with E-state index < -0.39 is 0 Å². The van der Waals surface area contributed by atoms with E-state index in [-0.39, 0.29) is 5.75 Å². The number of benzene rings is 2. The topological polar surface area (TPSA) is 44.0 Å². The Bertz CT molecular complexity index is 555. The summed E-state index contributed by atoms with van der Waals surface area (Å²) in [5, 5.41) is 18.1. The summed E-state index contributed by atoms with van der Waals surface area (Å²) in [4.78, 5) is 0. The summed E-state index contributed by atoms with van der Waals surface area (Å²) < 4.78 is 0.661. The lowest BCUT2D eigenvalue weighted by Crippen LogP contribution is -1.79. The second-order valence-corrected chi connectivity index (χ2v) is 4.21. The molecule has 0 heterocycles. The summed E-state index contributed by atoms with van der Waals surface area (Å²) in [6.07, 6.45) is 0. The highest BCUT2D eigenvalue weighted by Gasteiger charge is 2.02. The van der Waals surface area contributed by atoms with Crippen molar-refractivity contribution in [3.63, 3.8) is 0 Å². The Labute approximate surface area is 102 Å². The van der Waals surface area contributed by atoms with E-state index in [4.69, 9.17) is 5.26 Å². The largest absolute Gasteiger partial charge is 0.507 e. The fourth-order valence-electron chi connectivity index (χ4n) is 1.42. The lowest BCUT2D eigenvalue weighted by atomic mass is 10.0. The fraction of sp³-hybridized carbons (Fsp3) is 0. The van der Waals surface area contributed by atoms with Gasteiger partial charge in [-0.05, 0) is 51.3 Å². The maximum Gasteiger partial charge on any atom is 0.129 e. The molecule has 0 aliphatic heterocycles. The van der Waals surface area contributed by atoms with E-state index in [1.165, 1.54) is 0 Å². The van der Waals surface area contributed by atoms with Crippen molar-refractivity contribution >= 4 is 15.9 Å². The summed E-state index contributed by atoms with van der Waals surface area (Å²) >= 11 is 3.27. The third-order valence-electron chi connectivity index (χ3n) is 2.30. The van der Waals surface area contributed by atoms with Gasteiger partial charge in [-0.3, -0.25) is 0 Å². The summed E-state index contributed by atoms with van der Waals surface area (Å²) in [5.41, 5.74) is 2.65. The third-order valence-corrected chi connectivity index (χ3v) is 2.93. The van der Waals surface area contributed by atoms with E-state index in [2.05, 4.69) is 22.0 Å². The molecule has 0 saturated carbocycles. The maximum atomic E-state index is 9.38. The van der Waals surface area contributed by atoms with E-state index in [0.29, 0.717) is 10.0 Å². The van der Waals surface area contributed by atoms with Crippen molar-refractivity contribution in [3.05, 3.63) is 52.5 Å². The van der Waals surface area contributed by atoms with Crippen molar-refractivity contribution in [2.24, 2.45) is 0 Å². The second-order valence-electron chi connectivity index (χ2n) is 3.36. The summed E-state index contributed by atoms with van der Waals surface area (Å²) in [7, 11) is 0. The van der Waals surface area contributed by atoms with Crippen LogP contribution < -0.4 is 0 Å². The van der Waals surface area contributed by atoms with Gasteiger partial charge in [0.15, 0.2) is 0 Å². The first-order valence-corrected chi connectivity index (χ1v) is 5.49. The molecule has 0 aromatic heterocycles. The van der Waals surface area contributed by atoms with Gasteiger partial charge in [-0.15, -0.1) is 0 Å². The van der Waals surface area contributed by atoms with E-state index >= 15 is 0 Å². The minimum absolute atomic E-state index is 0.220. The van der Waals surface area contributed by atoms with Crippen LogP contribution >= 0.6 is 15.9 Å². The van der Waals surface area contributed by atoms with Crippen molar-refractivity contribution in [2.45, 2.75) is 0 Å². The van der Waals surface area contributed by atoms with Crippen LogP contribution in [-0.2, 0) is 0 Å². The predicted octanol–water partition coefficient (Wildman–Crippen LogP) is 3.69. The van der Waals surface area contributed by atoms with Gasteiger partial charge < -0.3 is 5.11 Å². The number of rotatable bonds is 1. The molecule has 0 aliphatic rings. The van der Waals surface area contributed by atoms with Crippen LogP contribution in [0.2, 0.25) is 0 Å². The minimum atomic E-state index is 0.220. The molecular formula is C13H8BrNO. The van der Waals surface area contributed by atoms with E-state index in [1.54, 1.807) is 18.2 Å². The van der Waals surface area contributed by atoms with Crippen molar-refractivity contribution in [1.29, 1.82) is 5.26 Å². The third kappa shape index (κ3) is 2.07. The molecule has 0 amide bonds.